The van der Waals surface area contributed by atoms with Crippen LogP contribution in [-0.2, 0) is 19.0 Å². The lowest BCUT2D eigenvalue weighted by molar-refractivity contribution is -0.137. The molecule has 0 spiro atoms. The van der Waals surface area contributed by atoms with Crippen LogP contribution in [-0.4, -0.2) is 38.3 Å². The molecule has 1 aromatic carbocycles. The number of benzene rings is 1. The van der Waals surface area contributed by atoms with Crippen molar-refractivity contribution in [1.82, 2.24) is 15.1 Å². The largest absolute Gasteiger partial charge is 0.416 e. The maximum Gasteiger partial charge on any atom is 0.416 e. The molecule has 0 radical (unpaired) electrons. The number of carbonyl (C=O) groups excluding carboxylic acids is 1. The molecule has 1 aliphatic heterocycles. The zero-order valence-electron chi connectivity index (χ0n) is 18.2. The summed E-state index contributed by atoms with van der Waals surface area (Å²) in [6, 6.07) is 5.02. The normalized spacial score (nSPS) is 12.7. The van der Waals surface area contributed by atoms with Crippen molar-refractivity contribution < 1.29 is 27.6 Å². The zero-order valence-corrected chi connectivity index (χ0v) is 18.9. The molecule has 0 saturated heterocycles. The average molecular weight is 503 g/mol. The molecule has 7 nitrogen and oxygen atoms in total. The third kappa shape index (κ3) is 5.75. The molecule has 0 saturated carbocycles. The quantitative estimate of drug-likeness (QED) is 0.284. The van der Waals surface area contributed by atoms with E-state index >= 15 is 0 Å². The number of alkyl halides is 3. The van der Waals surface area contributed by atoms with E-state index in [1.165, 1.54) is 12.4 Å². The number of ketones is 1. The van der Waals surface area contributed by atoms with Gasteiger partial charge in [-0.2, -0.15) is 13.2 Å². The van der Waals surface area contributed by atoms with E-state index in [0.717, 1.165) is 12.1 Å². The number of carbonyl (C=O) groups is 1. The molecule has 0 aliphatic carbocycles. The highest BCUT2D eigenvalue weighted by atomic mass is 35.5. The van der Waals surface area contributed by atoms with Crippen molar-refractivity contribution in [3.8, 4) is 11.8 Å². The topological polar surface area (TPSA) is 101 Å². The van der Waals surface area contributed by atoms with Gasteiger partial charge in [-0.05, 0) is 36.1 Å². The van der Waals surface area contributed by atoms with Crippen molar-refractivity contribution in [3.05, 3.63) is 69.6 Å². The highest BCUT2D eigenvalue weighted by Crippen LogP contribution is 2.36. The molecule has 0 unspecified atom stereocenters. The number of Topliss-reactive ketones (excluding diaryl/α,β-unsaturated/α-hetero) is 1. The number of rotatable bonds is 7. The van der Waals surface area contributed by atoms with Gasteiger partial charge in [0.1, 0.15) is 22.7 Å². The number of halogens is 4. The fraction of sp³-hybridized carbons (Fsp3) is 0.292. The van der Waals surface area contributed by atoms with Crippen LogP contribution >= 0.6 is 11.6 Å². The van der Waals surface area contributed by atoms with Crippen molar-refractivity contribution >= 4 is 28.8 Å². The molecule has 35 heavy (non-hydrogen) atoms. The summed E-state index contributed by atoms with van der Waals surface area (Å²) in [7, 11) is 0. The van der Waals surface area contributed by atoms with Crippen molar-refractivity contribution in [1.29, 1.82) is 0 Å². The first kappa shape index (κ1) is 24.6. The first-order valence-corrected chi connectivity index (χ1v) is 11.0. The van der Waals surface area contributed by atoms with Crippen molar-refractivity contribution in [2.75, 3.05) is 6.61 Å². The Morgan fingerprint density at radius 1 is 1.23 bits per heavy atom. The molecule has 0 bridgehead atoms. The number of hydrogen-bond acceptors (Lipinski definition) is 7. The molecular weight excluding hydrogens is 485 g/mol. The number of hydrogen-bond donors (Lipinski definition) is 1. The van der Waals surface area contributed by atoms with Gasteiger partial charge in [0.25, 0.3) is 0 Å². The minimum atomic E-state index is -4.43. The van der Waals surface area contributed by atoms with Crippen LogP contribution in [0.25, 0.3) is 0 Å². The predicted octanol–water partition coefficient (Wildman–Crippen LogP) is 4.75. The Labute approximate surface area is 203 Å². The van der Waals surface area contributed by atoms with E-state index in [9.17, 15) is 18.0 Å². The lowest BCUT2D eigenvalue weighted by Crippen LogP contribution is -2.07. The fourth-order valence-corrected chi connectivity index (χ4v) is 3.66. The van der Waals surface area contributed by atoms with Crippen LogP contribution in [0.5, 0.6) is 0 Å². The van der Waals surface area contributed by atoms with Gasteiger partial charge in [-0.3, -0.25) is 4.79 Å². The van der Waals surface area contributed by atoms with Gasteiger partial charge in [0.15, 0.2) is 11.5 Å². The van der Waals surface area contributed by atoms with E-state index in [0.29, 0.717) is 41.3 Å². The zero-order chi connectivity index (χ0) is 25.0. The summed E-state index contributed by atoms with van der Waals surface area (Å²) < 4.78 is 44.2. The molecule has 0 atom stereocenters. The Bertz CT molecular complexity index is 1360. The Morgan fingerprint density at radius 2 is 2.06 bits per heavy atom. The maximum atomic E-state index is 13.0. The molecule has 3 aromatic rings. The smallest absolute Gasteiger partial charge is 0.396 e. The van der Waals surface area contributed by atoms with Gasteiger partial charge >= 0.3 is 6.18 Å². The molecule has 1 N–H and O–H groups in total. The number of fused-ring (bicyclic) bond motifs is 1. The predicted molar refractivity (Wildman–Crippen MR) is 121 cm³/mol. The van der Waals surface area contributed by atoms with Gasteiger partial charge in [-0.15, -0.1) is 0 Å². The van der Waals surface area contributed by atoms with Crippen LogP contribution in [0.3, 0.4) is 0 Å². The SMILES string of the molecule is O=C(CCc1cc(C2=Nc3ccc(C(F)(F)F)cc3C2)on1)c1ncnc(C#CCCCO)c1Cl. The second-order valence-corrected chi connectivity index (χ2v) is 8.07. The number of aliphatic imine (C=N–C) groups is 1. The molecule has 4 rings (SSSR count). The number of aromatic nitrogens is 3. The fourth-order valence-electron chi connectivity index (χ4n) is 3.41. The van der Waals surface area contributed by atoms with E-state index in [4.69, 9.17) is 21.2 Å². The Balaban J connectivity index is 1.39. The summed E-state index contributed by atoms with van der Waals surface area (Å²) in [6.07, 6.45) is -1.76. The summed E-state index contributed by atoms with van der Waals surface area (Å²) in [6.45, 7) is 0.0267. The Kier molecular flexibility index (Phi) is 7.28. The average Bonchev–Trinajstić information content (AvgIpc) is 3.47. The minimum absolute atomic E-state index is 0.0267. The number of unbranched alkanes of at least 4 members (excludes halogenated alkanes) is 1. The standard InChI is InChI=1S/C24H18ClF3N4O3/c25-22-18(4-2-1-3-9-33)29-13-30-23(22)20(34)8-6-16-12-21(35-32-16)19-11-14-10-15(24(26,27)28)5-7-17(14)31-19/h5,7,10,12-13,33H,1,3,6,8-9,11H2. The highest BCUT2D eigenvalue weighted by Gasteiger charge is 2.32. The van der Waals surface area contributed by atoms with Crippen LogP contribution in [0.15, 0.2) is 40.1 Å². The summed E-state index contributed by atoms with van der Waals surface area (Å²) in [5.41, 5.74) is 1.41. The molecule has 0 amide bonds. The summed E-state index contributed by atoms with van der Waals surface area (Å²) in [4.78, 5) is 25.0. The lowest BCUT2D eigenvalue weighted by Gasteiger charge is -2.07. The summed E-state index contributed by atoms with van der Waals surface area (Å²) in [5.74, 6) is 5.60. The molecule has 180 valence electrons. The van der Waals surface area contributed by atoms with Crippen molar-refractivity contribution in [2.45, 2.75) is 38.3 Å². The second-order valence-electron chi connectivity index (χ2n) is 7.70. The van der Waals surface area contributed by atoms with Crippen molar-refractivity contribution in [3.63, 3.8) is 0 Å². The van der Waals surface area contributed by atoms with E-state index in [1.807, 2.05) is 0 Å². The van der Waals surface area contributed by atoms with Gasteiger partial charge in [0, 0.05) is 38.4 Å². The van der Waals surface area contributed by atoms with Gasteiger partial charge in [-0.25, -0.2) is 15.0 Å². The van der Waals surface area contributed by atoms with Crippen LogP contribution in [0, 0.1) is 11.8 Å². The minimum Gasteiger partial charge on any atom is -0.396 e. The van der Waals surface area contributed by atoms with E-state index < -0.39 is 11.7 Å². The van der Waals surface area contributed by atoms with E-state index in [2.05, 4.69) is 32.0 Å². The van der Waals surface area contributed by atoms with Gasteiger partial charge in [0.2, 0.25) is 0 Å². The van der Waals surface area contributed by atoms with Gasteiger partial charge in [-0.1, -0.05) is 22.7 Å². The second kappa shape index (κ2) is 10.4. The van der Waals surface area contributed by atoms with Crippen LogP contribution in [0.2, 0.25) is 5.02 Å². The van der Waals surface area contributed by atoms with E-state index in [1.54, 1.807) is 6.07 Å². The Morgan fingerprint density at radius 3 is 2.83 bits per heavy atom. The maximum absolute atomic E-state index is 13.0. The summed E-state index contributed by atoms with van der Waals surface area (Å²) >= 11 is 6.25. The number of nitrogens with zero attached hydrogens (tertiary/aromatic N) is 4. The van der Waals surface area contributed by atoms with E-state index in [-0.39, 0.29) is 48.1 Å². The van der Waals surface area contributed by atoms with Gasteiger partial charge < -0.3 is 9.63 Å². The molecule has 3 heterocycles. The molecule has 11 heteroatoms. The number of aliphatic hydroxyl groups excluding tert-OH is 1. The van der Waals surface area contributed by atoms with Crippen LogP contribution in [0.4, 0.5) is 18.9 Å². The third-order valence-corrected chi connectivity index (χ3v) is 5.55. The molecular formula is C24H18ClF3N4O3. The van der Waals surface area contributed by atoms with Gasteiger partial charge in [0.05, 0.1) is 22.7 Å². The first-order valence-electron chi connectivity index (χ1n) is 10.6. The lowest BCUT2D eigenvalue weighted by atomic mass is 10.0. The molecule has 1 aliphatic rings. The number of aryl methyl sites for hydroxylation is 1. The van der Waals surface area contributed by atoms with Crippen molar-refractivity contribution in [2.24, 2.45) is 4.99 Å². The van der Waals surface area contributed by atoms with Crippen LogP contribution < -0.4 is 0 Å². The summed E-state index contributed by atoms with van der Waals surface area (Å²) in [5, 5.41) is 12.8. The molecule has 2 aromatic heterocycles. The monoisotopic (exact) mass is 502 g/mol. The third-order valence-electron chi connectivity index (χ3n) is 5.19. The Hall–Kier alpha value is -3.55. The highest BCUT2D eigenvalue weighted by molar-refractivity contribution is 6.34. The van der Waals surface area contributed by atoms with Crippen LogP contribution in [0.1, 0.15) is 58.0 Å². The first-order chi connectivity index (χ1) is 16.8. The number of aliphatic hydroxyl groups is 1. The molecule has 0 fully saturated rings.